The van der Waals surface area contributed by atoms with Crippen LogP contribution in [0.25, 0.3) is 0 Å². The van der Waals surface area contributed by atoms with Crippen molar-refractivity contribution >= 4 is 0 Å². The summed E-state index contributed by atoms with van der Waals surface area (Å²) in [5.74, 6) is 2.77. The first kappa shape index (κ1) is 11.6. The van der Waals surface area contributed by atoms with Gasteiger partial charge in [-0.3, -0.25) is 5.32 Å². The van der Waals surface area contributed by atoms with Gasteiger partial charge in [-0.1, -0.05) is 12.8 Å². The first-order chi connectivity index (χ1) is 6.57. The van der Waals surface area contributed by atoms with Crippen LogP contribution in [0.15, 0.2) is 0 Å². The minimum absolute atomic E-state index is 0.194. The van der Waals surface area contributed by atoms with E-state index in [2.05, 4.69) is 18.2 Å². The molecule has 0 aliphatic carbocycles. The Morgan fingerprint density at radius 3 is 2.86 bits per heavy atom. The van der Waals surface area contributed by atoms with Crippen molar-refractivity contribution in [3.8, 4) is 12.3 Å². The minimum Gasteiger partial charge on any atom is -0.378 e. The van der Waals surface area contributed by atoms with E-state index in [1.807, 2.05) is 13.8 Å². The highest BCUT2D eigenvalue weighted by Crippen LogP contribution is 2.18. The molecule has 0 saturated carbocycles. The summed E-state index contributed by atoms with van der Waals surface area (Å²) >= 11 is 0. The number of ether oxygens (including phenoxy) is 1. The van der Waals surface area contributed by atoms with E-state index < -0.39 is 0 Å². The van der Waals surface area contributed by atoms with Crippen LogP contribution in [0.2, 0.25) is 0 Å². The minimum atomic E-state index is -0.194. The van der Waals surface area contributed by atoms with Crippen molar-refractivity contribution in [2.45, 2.75) is 57.7 Å². The monoisotopic (exact) mass is 195 g/mol. The summed E-state index contributed by atoms with van der Waals surface area (Å²) in [6, 6.07) is 0.514. The van der Waals surface area contributed by atoms with Crippen LogP contribution < -0.4 is 5.32 Å². The van der Waals surface area contributed by atoms with Crippen LogP contribution >= 0.6 is 0 Å². The molecule has 1 N–H and O–H groups in total. The first-order valence-corrected chi connectivity index (χ1v) is 5.44. The summed E-state index contributed by atoms with van der Waals surface area (Å²) in [7, 11) is 0. The lowest BCUT2D eigenvalue weighted by atomic mass is 9.97. The molecule has 1 aliphatic heterocycles. The van der Waals surface area contributed by atoms with Crippen molar-refractivity contribution in [3.63, 3.8) is 0 Å². The summed E-state index contributed by atoms with van der Waals surface area (Å²) < 4.78 is 5.61. The van der Waals surface area contributed by atoms with Crippen molar-refractivity contribution in [2.24, 2.45) is 0 Å². The summed E-state index contributed by atoms with van der Waals surface area (Å²) in [5, 5.41) is 3.49. The molecule has 1 saturated heterocycles. The van der Waals surface area contributed by atoms with E-state index >= 15 is 0 Å². The van der Waals surface area contributed by atoms with Gasteiger partial charge < -0.3 is 4.74 Å². The van der Waals surface area contributed by atoms with Crippen LogP contribution in [0, 0.1) is 12.3 Å². The van der Waals surface area contributed by atoms with Crippen molar-refractivity contribution < 1.29 is 4.74 Å². The Morgan fingerprint density at radius 1 is 1.57 bits per heavy atom. The maximum Gasteiger partial charge on any atom is 0.0743 e. The smallest absolute Gasteiger partial charge is 0.0743 e. The second-order valence-corrected chi connectivity index (χ2v) is 4.54. The molecule has 2 nitrogen and oxygen atoms in total. The molecule has 0 amide bonds. The van der Waals surface area contributed by atoms with Gasteiger partial charge in [0.05, 0.1) is 11.6 Å². The van der Waals surface area contributed by atoms with Crippen LogP contribution in [0.5, 0.6) is 0 Å². The molecule has 2 atom stereocenters. The second-order valence-electron chi connectivity index (χ2n) is 4.54. The third-order valence-corrected chi connectivity index (χ3v) is 2.75. The zero-order chi connectivity index (χ0) is 10.6. The molecular weight excluding hydrogens is 174 g/mol. The Morgan fingerprint density at radius 2 is 2.29 bits per heavy atom. The number of terminal acetylenes is 1. The maximum absolute atomic E-state index is 5.61. The number of hydrogen-bond acceptors (Lipinski definition) is 2. The van der Waals surface area contributed by atoms with E-state index in [0.29, 0.717) is 12.1 Å². The normalized spacial score (nSPS) is 28.4. The van der Waals surface area contributed by atoms with Gasteiger partial charge in [-0.2, -0.15) is 0 Å². The van der Waals surface area contributed by atoms with Gasteiger partial charge >= 0.3 is 0 Å². The predicted octanol–water partition coefficient (Wildman–Crippen LogP) is 1.95. The van der Waals surface area contributed by atoms with E-state index in [1.54, 1.807) is 0 Å². The van der Waals surface area contributed by atoms with Crippen LogP contribution in [0.4, 0.5) is 0 Å². The highest BCUT2D eigenvalue weighted by molar-refractivity contribution is 5.08. The lowest BCUT2D eigenvalue weighted by Crippen LogP contribution is -2.48. The molecule has 14 heavy (non-hydrogen) atoms. The Kier molecular flexibility index (Phi) is 3.97. The van der Waals surface area contributed by atoms with Gasteiger partial charge in [-0.25, -0.2) is 0 Å². The molecule has 0 aromatic carbocycles. The first-order valence-electron chi connectivity index (χ1n) is 5.44. The molecule has 0 spiro atoms. The molecule has 1 rings (SSSR count). The van der Waals surface area contributed by atoms with Gasteiger partial charge in [0.25, 0.3) is 0 Å². The number of nitrogens with one attached hydrogen (secondary N) is 1. The molecule has 0 bridgehead atoms. The predicted molar refractivity (Wildman–Crippen MR) is 59.1 cm³/mol. The van der Waals surface area contributed by atoms with E-state index in [4.69, 9.17) is 11.2 Å². The number of rotatable bonds is 3. The fraction of sp³-hybridized carbons (Fsp3) is 0.833. The van der Waals surface area contributed by atoms with Crippen LogP contribution in [-0.4, -0.2) is 24.3 Å². The largest absolute Gasteiger partial charge is 0.378 e. The molecule has 0 radical (unpaired) electrons. The highest BCUT2D eigenvalue weighted by Gasteiger charge is 2.25. The molecule has 2 unspecified atom stereocenters. The molecule has 1 aliphatic rings. The Bertz CT molecular complexity index is 217. The van der Waals surface area contributed by atoms with E-state index in [1.165, 1.54) is 0 Å². The fourth-order valence-electron chi connectivity index (χ4n) is 1.85. The summed E-state index contributed by atoms with van der Waals surface area (Å²) in [4.78, 5) is 0. The lowest BCUT2D eigenvalue weighted by molar-refractivity contribution is -0.00282. The van der Waals surface area contributed by atoms with Gasteiger partial charge in [-0.05, 0) is 33.1 Å². The zero-order valence-electron chi connectivity index (χ0n) is 9.47. The lowest BCUT2D eigenvalue weighted by Gasteiger charge is -2.34. The number of hydrogen-bond donors (Lipinski definition) is 1. The van der Waals surface area contributed by atoms with Gasteiger partial charge in [0.15, 0.2) is 0 Å². The van der Waals surface area contributed by atoms with E-state index in [0.717, 1.165) is 25.9 Å². The third kappa shape index (κ3) is 3.32. The molecule has 1 fully saturated rings. The zero-order valence-corrected chi connectivity index (χ0v) is 9.47. The quantitative estimate of drug-likeness (QED) is 0.695. The van der Waals surface area contributed by atoms with Crippen molar-refractivity contribution in [1.29, 1.82) is 0 Å². The maximum atomic E-state index is 5.61. The topological polar surface area (TPSA) is 21.3 Å². The van der Waals surface area contributed by atoms with Gasteiger partial charge in [-0.15, -0.1) is 6.42 Å². The van der Waals surface area contributed by atoms with Crippen LogP contribution in [0.1, 0.15) is 40.0 Å². The average Bonchev–Trinajstić information content (AvgIpc) is 2.17. The van der Waals surface area contributed by atoms with Gasteiger partial charge in [0.2, 0.25) is 0 Å². The molecule has 0 aromatic heterocycles. The van der Waals surface area contributed by atoms with Gasteiger partial charge in [0.1, 0.15) is 0 Å². The average molecular weight is 195 g/mol. The van der Waals surface area contributed by atoms with E-state index in [9.17, 15) is 0 Å². The fourth-order valence-corrected chi connectivity index (χ4v) is 1.85. The summed E-state index contributed by atoms with van der Waals surface area (Å²) in [5.41, 5.74) is -0.194. The Hall–Kier alpha value is -0.520. The van der Waals surface area contributed by atoms with Crippen molar-refractivity contribution in [1.82, 2.24) is 5.32 Å². The molecule has 80 valence electrons. The van der Waals surface area contributed by atoms with Gasteiger partial charge in [0, 0.05) is 12.6 Å². The second kappa shape index (κ2) is 4.82. The third-order valence-electron chi connectivity index (χ3n) is 2.75. The SMILES string of the molecule is C#CC(C)(C)NC1CCOC(CC)C1. The molecular formula is C12H21NO. The molecule has 2 heteroatoms. The highest BCUT2D eigenvalue weighted by atomic mass is 16.5. The van der Waals surface area contributed by atoms with Crippen LogP contribution in [-0.2, 0) is 4.74 Å². The van der Waals surface area contributed by atoms with Crippen molar-refractivity contribution in [2.75, 3.05) is 6.61 Å². The molecule has 1 heterocycles. The van der Waals surface area contributed by atoms with Crippen LogP contribution in [0.3, 0.4) is 0 Å². The Balaban J connectivity index is 2.42. The van der Waals surface area contributed by atoms with E-state index in [-0.39, 0.29) is 5.54 Å². The molecule has 0 aromatic rings. The van der Waals surface area contributed by atoms with Crippen molar-refractivity contribution in [3.05, 3.63) is 0 Å². The summed E-state index contributed by atoms with van der Waals surface area (Å²) in [6.07, 6.45) is 9.11. The Labute approximate surface area is 87.4 Å². The summed E-state index contributed by atoms with van der Waals surface area (Å²) in [6.45, 7) is 7.11. The standard InChI is InChI=1S/C12H21NO/c1-5-11-9-10(7-8-14-11)13-12(3,4)6-2/h2,10-11,13H,5,7-9H2,1,3-4H3.